The van der Waals surface area contributed by atoms with Crippen LogP contribution in [0.2, 0.25) is 0 Å². The summed E-state index contributed by atoms with van der Waals surface area (Å²) in [6.07, 6.45) is 1.64. The van der Waals surface area contributed by atoms with Crippen molar-refractivity contribution in [1.82, 2.24) is 9.78 Å². The summed E-state index contributed by atoms with van der Waals surface area (Å²) >= 11 is 0. The van der Waals surface area contributed by atoms with Crippen LogP contribution >= 0.6 is 0 Å². The highest BCUT2D eigenvalue weighted by molar-refractivity contribution is 7.92. The SMILES string of the molecule is CC(C)CCn1nc(C(C)C)c(O)c(C2=Nc3ccc(NS(C)(=O)=O)cc3S(=O)(=O)C2)c1=O. The molecule has 0 fully saturated rings. The maximum atomic E-state index is 13.2. The van der Waals surface area contributed by atoms with Gasteiger partial charge in [-0.15, -0.1) is 0 Å². The predicted molar refractivity (Wildman–Crippen MR) is 127 cm³/mol. The van der Waals surface area contributed by atoms with E-state index in [0.717, 1.165) is 6.26 Å². The first kappa shape index (κ1) is 24.9. The molecule has 12 heteroatoms. The molecule has 2 N–H and O–H groups in total. The van der Waals surface area contributed by atoms with E-state index >= 15 is 0 Å². The van der Waals surface area contributed by atoms with Gasteiger partial charge in [0.2, 0.25) is 10.0 Å². The molecule has 0 amide bonds. The zero-order chi connectivity index (χ0) is 24.7. The topological polar surface area (TPSA) is 148 Å². The Kier molecular flexibility index (Phi) is 6.72. The number of sulfonamides is 1. The van der Waals surface area contributed by atoms with E-state index in [1.54, 1.807) is 0 Å². The fourth-order valence-electron chi connectivity index (χ4n) is 3.46. The summed E-state index contributed by atoms with van der Waals surface area (Å²) in [6, 6.07) is 3.94. The van der Waals surface area contributed by atoms with E-state index in [1.807, 2.05) is 27.7 Å². The summed E-state index contributed by atoms with van der Waals surface area (Å²) in [5.74, 6) is -0.889. The van der Waals surface area contributed by atoms with E-state index in [-0.39, 0.29) is 44.9 Å². The number of benzene rings is 1. The minimum absolute atomic E-state index is 0.0609. The van der Waals surface area contributed by atoms with Crippen molar-refractivity contribution in [3.63, 3.8) is 0 Å². The second-order valence-electron chi connectivity index (χ2n) is 8.85. The van der Waals surface area contributed by atoms with E-state index in [4.69, 9.17) is 0 Å². The number of sulfone groups is 1. The van der Waals surface area contributed by atoms with Gasteiger partial charge in [0.1, 0.15) is 11.3 Å². The van der Waals surface area contributed by atoms with Crippen molar-refractivity contribution in [1.29, 1.82) is 0 Å². The van der Waals surface area contributed by atoms with E-state index in [1.165, 1.54) is 22.9 Å². The number of fused-ring (bicyclic) bond motifs is 1. The molecule has 33 heavy (non-hydrogen) atoms. The quantitative estimate of drug-likeness (QED) is 0.598. The Hall–Kier alpha value is -2.73. The molecular formula is C21H28N4O6S2. The van der Waals surface area contributed by atoms with Gasteiger partial charge in [-0.25, -0.2) is 21.5 Å². The minimum atomic E-state index is -3.97. The molecule has 0 saturated carbocycles. The molecule has 0 spiro atoms. The molecule has 1 aliphatic heterocycles. The zero-order valence-corrected chi connectivity index (χ0v) is 20.8. The van der Waals surface area contributed by atoms with E-state index < -0.39 is 31.2 Å². The molecule has 2 aromatic rings. The smallest absolute Gasteiger partial charge is 0.279 e. The summed E-state index contributed by atoms with van der Waals surface area (Å²) in [5.41, 5.74) is -0.423. The number of aromatic nitrogens is 2. The van der Waals surface area contributed by atoms with Gasteiger partial charge in [-0.1, -0.05) is 27.7 Å². The molecule has 1 aromatic carbocycles. The van der Waals surface area contributed by atoms with Crippen molar-refractivity contribution in [2.75, 3.05) is 16.7 Å². The van der Waals surface area contributed by atoms with Crippen LogP contribution < -0.4 is 10.3 Å². The molecule has 2 heterocycles. The minimum Gasteiger partial charge on any atom is -0.505 e. The molecule has 180 valence electrons. The molecule has 10 nitrogen and oxygen atoms in total. The lowest BCUT2D eigenvalue weighted by Crippen LogP contribution is -2.34. The zero-order valence-electron chi connectivity index (χ0n) is 19.2. The number of aryl methyl sites for hydroxylation is 1. The Morgan fingerprint density at radius 3 is 2.45 bits per heavy atom. The monoisotopic (exact) mass is 496 g/mol. The lowest BCUT2D eigenvalue weighted by atomic mass is 10.0. The first-order valence-corrected chi connectivity index (χ1v) is 14.0. The Morgan fingerprint density at radius 2 is 1.88 bits per heavy atom. The van der Waals surface area contributed by atoms with E-state index in [0.29, 0.717) is 18.9 Å². The van der Waals surface area contributed by atoms with Gasteiger partial charge in [0.15, 0.2) is 15.6 Å². The Balaban J connectivity index is 2.20. The van der Waals surface area contributed by atoms with Gasteiger partial charge in [0, 0.05) is 18.2 Å². The maximum absolute atomic E-state index is 13.2. The van der Waals surface area contributed by atoms with Gasteiger partial charge >= 0.3 is 0 Å². The summed E-state index contributed by atoms with van der Waals surface area (Å²) in [4.78, 5) is 17.4. The highest BCUT2D eigenvalue weighted by Crippen LogP contribution is 2.35. The third-order valence-corrected chi connectivity index (χ3v) is 7.35. The second-order valence-corrected chi connectivity index (χ2v) is 12.6. The van der Waals surface area contributed by atoms with Crippen molar-refractivity contribution in [2.24, 2.45) is 10.9 Å². The van der Waals surface area contributed by atoms with E-state index in [2.05, 4.69) is 14.8 Å². The van der Waals surface area contributed by atoms with Crippen molar-refractivity contribution < 1.29 is 21.9 Å². The number of hydrogen-bond acceptors (Lipinski definition) is 8. The van der Waals surface area contributed by atoms with Crippen LogP contribution in [0.4, 0.5) is 11.4 Å². The summed E-state index contributed by atoms with van der Waals surface area (Å²) < 4.78 is 52.6. The van der Waals surface area contributed by atoms with Crippen molar-refractivity contribution in [2.45, 2.75) is 51.5 Å². The third kappa shape index (κ3) is 5.44. The first-order valence-electron chi connectivity index (χ1n) is 10.5. The molecular weight excluding hydrogens is 468 g/mol. The Labute approximate surface area is 193 Å². The van der Waals surface area contributed by atoms with Gasteiger partial charge in [-0.05, 0) is 30.5 Å². The van der Waals surface area contributed by atoms with Crippen LogP contribution in [0.25, 0.3) is 0 Å². The van der Waals surface area contributed by atoms with Gasteiger partial charge in [0.25, 0.3) is 5.56 Å². The summed E-state index contributed by atoms with van der Waals surface area (Å²) in [5, 5.41) is 15.2. The van der Waals surface area contributed by atoms with Gasteiger partial charge in [-0.3, -0.25) is 14.5 Å². The van der Waals surface area contributed by atoms with Gasteiger partial charge in [-0.2, -0.15) is 5.10 Å². The molecule has 0 saturated heterocycles. The predicted octanol–water partition coefficient (Wildman–Crippen LogP) is 2.40. The fourth-order valence-corrected chi connectivity index (χ4v) is 5.48. The maximum Gasteiger partial charge on any atom is 0.279 e. The second kappa shape index (κ2) is 8.90. The molecule has 1 aromatic heterocycles. The molecule has 0 aliphatic carbocycles. The fraction of sp³-hybridized carbons (Fsp3) is 0.476. The number of nitrogens with zero attached hydrogens (tertiary/aromatic N) is 3. The number of aromatic hydroxyl groups is 1. The highest BCUT2D eigenvalue weighted by atomic mass is 32.2. The van der Waals surface area contributed by atoms with Crippen LogP contribution in [0.5, 0.6) is 5.75 Å². The lowest BCUT2D eigenvalue weighted by molar-refractivity contribution is 0.424. The molecule has 0 radical (unpaired) electrons. The van der Waals surface area contributed by atoms with Crippen LogP contribution in [0.1, 0.15) is 51.3 Å². The lowest BCUT2D eigenvalue weighted by Gasteiger charge is -2.20. The van der Waals surface area contributed by atoms with Crippen molar-refractivity contribution in [3.05, 3.63) is 39.8 Å². The van der Waals surface area contributed by atoms with Gasteiger partial charge < -0.3 is 5.11 Å². The number of rotatable bonds is 7. The summed E-state index contributed by atoms with van der Waals surface area (Å²) in [6.45, 7) is 7.97. The molecule has 0 bridgehead atoms. The van der Waals surface area contributed by atoms with E-state index in [9.17, 15) is 26.7 Å². The van der Waals surface area contributed by atoms with Crippen molar-refractivity contribution in [3.8, 4) is 5.75 Å². The van der Waals surface area contributed by atoms with Gasteiger partial charge in [0.05, 0.1) is 28.3 Å². The van der Waals surface area contributed by atoms with Crippen LogP contribution in [0.3, 0.4) is 0 Å². The van der Waals surface area contributed by atoms with Crippen LogP contribution in [0, 0.1) is 5.92 Å². The standard InChI is InChI=1S/C21H28N4O6S2/c1-12(2)8-9-25-21(27)18(20(26)19(23-25)13(3)4)16-11-33(30,31)17-10-14(24-32(5,28)29)6-7-15(17)22-16/h6-7,10,12-13,24,26H,8-9,11H2,1-5H3. The van der Waals surface area contributed by atoms with Crippen molar-refractivity contribution >= 4 is 36.9 Å². The molecule has 0 unspecified atom stereocenters. The molecule has 1 aliphatic rings. The average molecular weight is 497 g/mol. The number of aliphatic imine (C=N–C) groups is 1. The largest absolute Gasteiger partial charge is 0.505 e. The highest BCUT2D eigenvalue weighted by Gasteiger charge is 2.32. The summed E-state index contributed by atoms with van der Waals surface area (Å²) in [7, 11) is -7.57. The third-order valence-electron chi connectivity index (χ3n) is 5.09. The molecule has 3 rings (SSSR count). The average Bonchev–Trinajstić information content (AvgIpc) is 2.66. The Morgan fingerprint density at radius 1 is 1.21 bits per heavy atom. The number of hydrogen-bond donors (Lipinski definition) is 2. The van der Waals surface area contributed by atoms with Crippen LogP contribution in [-0.2, 0) is 26.4 Å². The van der Waals surface area contributed by atoms with Crippen LogP contribution in [-0.4, -0.2) is 49.4 Å². The van der Waals surface area contributed by atoms with Crippen LogP contribution in [0.15, 0.2) is 32.9 Å². The Bertz CT molecular complexity index is 1390. The first-order chi connectivity index (χ1) is 15.2. The normalized spacial score (nSPS) is 15.4. The molecule has 0 atom stereocenters. The number of anilines is 1. The number of nitrogens with one attached hydrogen (secondary N) is 1.